The number of ether oxygens (including phenoxy) is 1. The van der Waals surface area contributed by atoms with Crippen molar-refractivity contribution in [3.05, 3.63) is 58.2 Å². The molecule has 0 radical (unpaired) electrons. The first-order valence-corrected chi connectivity index (χ1v) is 15.1. The molecule has 9 heteroatoms. The van der Waals surface area contributed by atoms with E-state index in [2.05, 4.69) is 4.72 Å². The lowest BCUT2D eigenvalue weighted by atomic mass is 9.81. The molecule has 1 aliphatic heterocycles. The SMILES string of the molecule is COc1cc(C)c2c(c1)C=C(C(=O)O)Cn1c-2c(C2CCCCC2)c2ccc(C(=O)NS(=O)(=O)C3CC3)cc21. The van der Waals surface area contributed by atoms with Gasteiger partial charge in [-0.15, -0.1) is 0 Å². The Morgan fingerprint density at radius 1 is 1.05 bits per heavy atom. The number of carboxylic acids is 1. The van der Waals surface area contributed by atoms with Crippen LogP contribution in [0.1, 0.15) is 77.9 Å². The average molecular weight is 549 g/mol. The minimum atomic E-state index is -3.70. The first-order chi connectivity index (χ1) is 18.7. The Kier molecular flexibility index (Phi) is 6.29. The molecule has 0 spiro atoms. The summed E-state index contributed by atoms with van der Waals surface area (Å²) in [6, 6.07) is 9.15. The number of carbonyl (C=O) groups excluding carboxylic acids is 1. The lowest BCUT2D eigenvalue weighted by Crippen LogP contribution is -2.33. The Bertz CT molecular complexity index is 1660. The summed E-state index contributed by atoms with van der Waals surface area (Å²) in [5, 5.41) is 10.6. The monoisotopic (exact) mass is 548 g/mol. The van der Waals surface area contributed by atoms with Gasteiger partial charge in [0.15, 0.2) is 0 Å². The third-order valence-corrected chi connectivity index (χ3v) is 10.1. The number of methoxy groups -OCH3 is 1. The first kappa shape index (κ1) is 25.7. The summed E-state index contributed by atoms with van der Waals surface area (Å²) in [5.41, 5.74) is 6.07. The van der Waals surface area contributed by atoms with Gasteiger partial charge in [-0.2, -0.15) is 0 Å². The van der Waals surface area contributed by atoms with Crippen molar-refractivity contribution in [1.29, 1.82) is 0 Å². The van der Waals surface area contributed by atoms with Crippen molar-refractivity contribution in [3.8, 4) is 17.0 Å². The van der Waals surface area contributed by atoms with E-state index >= 15 is 0 Å². The fourth-order valence-corrected chi connectivity index (χ4v) is 7.57. The van der Waals surface area contributed by atoms with Gasteiger partial charge in [-0.1, -0.05) is 25.3 Å². The van der Waals surface area contributed by atoms with Crippen LogP contribution in [-0.2, 0) is 21.4 Å². The topological polar surface area (TPSA) is 115 Å². The number of aryl methyl sites for hydroxylation is 1. The van der Waals surface area contributed by atoms with Crippen LogP contribution >= 0.6 is 0 Å². The zero-order chi connectivity index (χ0) is 27.5. The van der Waals surface area contributed by atoms with Crippen LogP contribution in [0.15, 0.2) is 35.9 Å². The quantitative estimate of drug-likeness (QED) is 0.428. The van der Waals surface area contributed by atoms with Crippen molar-refractivity contribution in [2.75, 3.05) is 7.11 Å². The number of nitrogens with one attached hydrogen (secondary N) is 1. The zero-order valence-corrected chi connectivity index (χ0v) is 22.9. The standard InChI is InChI=1S/C30H32N2O6S/c1-17-12-22(38-2)14-20-13-21(30(34)35)16-32-25-15-19(29(33)31-39(36,37)23-9-10-23)8-11-24(25)27(28(32)26(17)20)18-6-4-3-5-7-18/h8,11-15,18,23H,3-7,9-10,16H2,1-2H3,(H,31,33)(H,34,35). The molecule has 1 amide bonds. The number of hydrogen-bond acceptors (Lipinski definition) is 5. The van der Waals surface area contributed by atoms with E-state index in [1.807, 2.05) is 29.7 Å². The van der Waals surface area contributed by atoms with Gasteiger partial charge in [-0.05, 0) is 85.6 Å². The molecule has 3 aromatic rings. The second-order valence-electron chi connectivity index (χ2n) is 11.0. The van der Waals surface area contributed by atoms with Crippen LogP contribution in [0, 0.1) is 6.92 Å². The lowest BCUT2D eigenvalue weighted by Gasteiger charge is -2.24. The number of carboxylic acid groups (broad SMARTS) is 1. The van der Waals surface area contributed by atoms with Gasteiger partial charge in [-0.25, -0.2) is 17.9 Å². The van der Waals surface area contributed by atoms with Gasteiger partial charge in [0, 0.05) is 22.0 Å². The van der Waals surface area contributed by atoms with Crippen LogP contribution in [0.5, 0.6) is 5.75 Å². The highest BCUT2D eigenvalue weighted by Crippen LogP contribution is 2.48. The first-order valence-electron chi connectivity index (χ1n) is 13.5. The van der Waals surface area contributed by atoms with Crippen LogP contribution in [0.3, 0.4) is 0 Å². The van der Waals surface area contributed by atoms with Crippen LogP contribution in [0.25, 0.3) is 28.2 Å². The summed E-state index contributed by atoms with van der Waals surface area (Å²) in [7, 11) is -2.10. The highest BCUT2D eigenvalue weighted by Gasteiger charge is 2.37. The molecule has 3 aliphatic rings. The summed E-state index contributed by atoms with van der Waals surface area (Å²) >= 11 is 0. The molecule has 39 heavy (non-hydrogen) atoms. The second kappa shape index (κ2) is 9.55. The highest BCUT2D eigenvalue weighted by molar-refractivity contribution is 7.91. The van der Waals surface area contributed by atoms with Gasteiger partial charge in [0.25, 0.3) is 5.91 Å². The van der Waals surface area contributed by atoms with Crippen molar-refractivity contribution >= 4 is 38.9 Å². The molecule has 6 rings (SSSR count). The highest BCUT2D eigenvalue weighted by atomic mass is 32.2. The van der Waals surface area contributed by atoms with Gasteiger partial charge < -0.3 is 14.4 Å². The molecule has 1 aromatic heterocycles. The van der Waals surface area contributed by atoms with E-state index in [1.54, 1.807) is 25.3 Å². The number of sulfonamides is 1. The van der Waals surface area contributed by atoms with Gasteiger partial charge in [0.1, 0.15) is 5.75 Å². The number of fused-ring (bicyclic) bond motifs is 5. The van der Waals surface area contributed by atoms with Crippen LogP contribution in [0.4, 0.5) is 0 Å². The number of nitrogens with zero attached hydrogens (tertiary/aromatic N) is 1. The summed E-state index contributed by atoms with van der Waals surface area (Å²) in [4.78, 5) is 25.4. The molecule has 8 nitrogen and oxygen atoms in total. The molecule has 0 unspecified atom stereocenters. The third kappa shape index (κ3) is 4.52. The van der Waals surface area contributed by atoms with Crippen molar-refractivity contribution in [3.63, 3.8) is 0 Å². The minimum absolute atomic E-state index is 0.121. The Balaban J connectivity index is 1.60. The molecule has 2 aliphatic carbocycles. The number of rotatable bonds is 6. The largest absolute Gasteiger partial charge is 0.497 e. The van der Waals surface area contributed by atoms with E-state index in [9.17, 15) is 23.1 Å². The maximum absolute atomic E-state index is 13.1. The number of aromatic nitrogens is 1. The molecule has 2 N–H and O–H groups in total. The molecule has 2 heterocycles. The third-order valence-electron chi connectivity index (χ3n) is 8.32. The Labute approximate surface area is 227 Å². The van der Waals surface area contributed by atoms with Gasteiger partial charge in [0.05, 0.1) is 30.2 Å². The summed E-state index contributed by atoms with van der Waals surface area (Å²) in [6.45, 7) is 2.13. The predicted molar refractivity (Wildman–Crippen MR) is 150 cm³/mol. The zero-order valence-electron chi connectivity index (χ0n) is 22.1. The maximum Gasteiger partial charge on any atom is 0.333 e. The summed E-state index contributed by atoms with van der Waals surface area (Å²) < 4.78 is 34.7. The molecule has 2 saturated carbocycles. The Hall–Kier alpha value is -3.59. The molecule has 0 saturated heterocycles. The molecule has 2 fully saturated rings. The molecular formula is C30H32N2O6S. The number of hydrogen-bond donors (Lipinski definition) is 2. The smallest absolute Gasteiger partial charge is 0.333 e. The van der Waals surface area contributed by atoms with Crippen LogP contribution in [0.2, 0.25) is 0 Å². The molecule has 204 valence electrons. The van der Waals surface area contributed by atoms with Crippen molar-refractivity contribution in [2.24, 2.45) is 0 Å². The number of amides is 1. The van der Waals surface area contributed by atoms with Gasteiger partial charge >= 0.3 is 5.97 Å². The van der Waals surface area contributed by atoms with E-state index in [4.69, 9.17) is 4.74 Å². The van der Waals surface area contributed by atoms with Crippen LogP contribution in [-0.4, -0.2) is 42.3 Å². The Morgan fingerprint density at radius 2 is 1.79 bits per heavy atom. The van der Waals surface area contributed by atoms with E-state index in [-0.39, 0.29) is 17.7 Å². The molecule has 2 aromatic carbocycles. The minimum Gasteiger partial charge on any atom is -0.497 e. The van der Waals surface area contributed by atoms with E-state index in [0.29, 0.717) is 24.5 Å². The fraction of sp³-hybridized carbons (Fsp3) is 0.400. The van der Waals surface area contributed by atoms with E-state index in [0.717, 1.165) is 59.0 Å². The summed E-state index contributed by atoms with van der Waals surface area (Å²) in [6.07, 6.45) is 8.37. The van der Waals surface area contributed by atoms with Crippen molar-refractivity contribution in [1.82, 2.24) is 9.29 Å². The fourth-order valence-electron chi connectivity index (χ4n) is 6.27. The van der Waals surface area contributed by atoms with Crippen LogP contribution < -0.4 is 9.46 Å². The number of carbonyl (C=O) groups is 2. The van der Waals surface area contributed by atoms with Crippen molar-refractivity contribution in [2.45, 2.75) is 69.6 Å². The average Bonchev–Trinajstić information content (AvgIpc) is 3.74. The van der Waals surface area contributed by atoms with Gasteiger partial charge in [0.2, 0.25) is 10.0 Å². The van der Waals surface area contributed by atoms with Gasteiger partial charge in [-0.3, -0.25) is 4.79 Å². The van der Waals surface area contributed by atoms with Crippen molar-refractivity contribution < 1.29 is 27.9 Å². The number of benzene rings is 2. The molecule has 0 bridgehead atoms. The molecular weight excluding hydrogens is 516 g/mol. The number of aliphatic carboxylic acids is 1. The normalized spacial score (nSPS) is 17.6. The van der Waals surface area contributed by atoms with E-state index < -0.39 is 27.1 Å². The summed E-state index contributed by atoms with van der Waals surface area (Å²) in [5.74, 6) is -0.720. The predicted octanol–water partition coefficient (Wildman–Crippen LogP) is 5.38. The Morgan fingerprint density at radius 3 is 2.46 bits per heavy atom. The van der Waals surface area contributed by atoms with E-state index in [1.165, 1.54) is 12.0 Å². The molecule has 0 atom stereocenters. The second-order valence-corrected chi connectivity index (χ2v) is 12.9. The lowest BCUT2D eigenvalue weighted by molar-refractivity contribution is -0.132. The maximum atomic E-state index is 13.1.